The minimum Gasteiger partial charge on any atom is -0.493 e. The molecule has 0 spiro atoms. The molecule has 154 valence electrons. The molecule has 30 heavy (non-hydrogen) atoms. The van der Waals surface area contributed by atoms with Crippen molar-refractivity contribution < 1.29 is 23.4 Å². The van der Waals surface area contributed by atoms with Gasteiger partial charge in [-0.15, -0.1) is 0 Å². The van der Waals surface area contributed by atoms with Crippen molar-refractivity contribution in [2.75, 3.05) is 21.3 Å². The Morgan fingerprint density at radius 3 is 2.47 bits per heavy atom. The molecule has 2 aromatic carbocycles. The number of carbonyl (C=O) groups excluding carboxylic acids is 1. The van der Waals surface area contributed by atoms with E-state index in [1.54, 1.807) is 52.1 Å². The van der Waals surface area contributed by atoms with Gasteiger partial charge < -0.3 is 23.9 Å². The number of imidazole rings is 1. The van der Waals surface area contributed by atoms with Gasteiger partial charge in [-0.05, 0) is 30.3 Å². The van der Waals surface area contributed by atoms with Gasteiger partial charge in [0.2, 0.25) is 5.75 Å². The smallest absolute Gasteiger partial charge is 0.251 e. The second-order valence-electron chi connectivity index (χ2n) is 6.46. The molecule has 0 aliphatic rings. The summed E-state index contributed by atoms with van der Waals surface area (Å²) in [4.78, 5) is 16.9. The topological polar surface area (TPSA) is 87.8 Å². The molecule has 0 aliphatic carbocycles. The fourth-order valence-electron chi connectivity index (χ4n) is 3.25. The van der Waals surface area contributed by atoms with Crippen molar-refractivity contribution in [1.29, 1.82) is 0 Å². The summed E-state index contributed by atoms with van der Waals surface area (Å²) in [6.07, 6.45) is 3.26. The zero-order valence-corrected chi connectivity index (χ0v) is 16.8. The van der Waals surface area contributed by atoms with Gasteiger partial charge in [0.15, 0.2) is 11.5 Å². The predicted molar refractivity (Wildman–Crippen MR) is 111 cm³/mol. The van der Waals surface area contributed by atoms with Crippen LogP contribution in [0.4, 0.5) is 0 Å². The van der Waals surface area contributed by atoms with E-state index >= 15 is 0 Å². The van der Waals surface area contributed by atoms with Gasteiger partial charge in [0.05, 0.1) is 50.9 Å². The zero-order valence-electron chi connectivity index (χ0n) is 16.8. The van der Waals surface area contributed by atoms with Crippen LogP contribution in [0.5, 0.6) is 17.2 Å². The molecule has 4 rings (SSSR count). The van der Waals surface area contributed by atoms with Gasteiger partial charge >= 0.3 is 0 Å². The number of benzene rings is 2. The number of carbonyl (C=O) groups is 1. The molecular weight excluding hydrogens is 386 g/mol. The Kier molecular flexibility index (Phi) is 5.30. The Balaban J connectivity index is 1.65. The van der Waals surface area contributed by atoms with E-state index in [0.29, 0.717) is 40.6 Å². The van der Waals surface area contributed by atoms with Gasteiger partial charge in [-0.2, -0.15) is 0 Å². The summed E-state index contributed by atoms with van der Waals surface area (Å²) in [5, 5.41) is 2.83. The summed E-state index contributed by atoms with van der Waals surface area (Å²) in [7, 11) is 4.70. The van der Waals surface area contributed by atoms with Crippen molar-refractivity contribution >= 4 is 16.9 Å². The highest BCUT2D eigenvalue weighted by Crippen LogP contribution is 2.39. The number of nitrogens with one attached hydrogen (secondary N) is 1. The van der Waals surface area contributed by atoms with E-state index in [4.69, 9.17) is 18.6 Å². The summed E-state index contributed by atoms with van der Waals surface area (Å²) >= 11 is 0. The summed E-state index contributed by atoms with van der Waals surface area (Å²) in [5.74, 6) is 2.10. The molecular formula is C22H21N3O5. The van der Waals surface area contributed by atoms with Crippen molar-refractivity contribution in [3.8, 4) is 22.9 Å². The van der Waals surface area contributed by atoms with E-state index in [-0.39, 0.29) is 5.91 Å². The first-order valence-corrected chi connectivity index (χ1v) is 9.22. The molecule has 0 radical (unpaired) electrons. The molecule has 0 bridgehead atoms. The highest BCUT2D eigenvalue weighted by atomic mass is 16.5. The monoisotopic (exact) mass is 407 g/mol. The maximum absolute atomic E-state index is 12.5. The Labute approximate surface area is 173 Å². The molecule has 8 heteroatoms. The molecule has 0 unspecified atom stereocenters. The summed E-state index contributed by atoms with van der Waals surface area (Å²) < 4.78 is 23.4. The summed E-state index contributed by atoms with van der Waals surface area (Å²) in [5.41, 5.74) is 2.84. The quantitative estimate of drug-likeness (QED) is 0.504. The van der Waals surface area contributed by atoms with Crippen LogP contribution in [0.1, 0.15) is 16.1 Å². The molecule has 8 nitrogen and oxygen atoms in total. The van der Waals surface area contributed by atoms with Crippen LogP contribution in [0.25, 0.3) is 16.7 Å². The molecule has 4 aromatic rings. The van der Waals surface area contributed by atoms with Gasteiger partial charge in [-0.3, -0.25) is 9.36 Å². The molecule has 2 heterocycles. The second-order valence-corrected chi connectivity index (χ2v) is 6.46. The van der Waals surface area contributed by atoms with Crippen LogP contribution in [0.2, 0.25) is 0 Å². The SMILES string of the molecule is COc1cc(-n2cnc3cc(C(=O)NCc4ccco4)ccc32)cc(OC)c1OC. The lowest BCUT2D eigenvalue weighted by molar-refractivity contribution is 0.0948. The van der Waals surface area contributed by atoms with Crippen LogP contribution in [0, 0.1) is 0 Å². The van der Waals surface area contributed by atoms with Crippen LogP contribution < -0.4 is 19.5 Å². The van der Waals surface area contributed by atoms with Gasteiger partial charge in [0.1, 0.15) is 12.1 Å². The lowest BCUT2D eigenvalue weighted by Gasteiger charge is -2.15. The molecule has 1 N–H and O–H groups in total. The number of furan rings is 1. The van der Waals surface area contributed by atoms with Crippen molar-refractivity contribution in [3.05, 3.63) is 66.4 Å². The van der Waals surface area contributed by atoms with Gasteiger partial charge in [-0.25, -0.2) is 4.98 Å². The number of nitrogens with zero attached hydrogens (tertiary/aromatic N) is 2. The number of methoxy groups -OCH3 is 3. The zero-order chi connectivity index (χ0) is 21.1. The van der Waals surface area contributed by atoms with Crippen LogP contribution in [-0.2, 0) is 6.54 Å². The lowest BCUT2D eigenvalue weighted by Crippen LogP contribution is -2.22. The fourth-order valence-corrected chi connectivity index (χ4v) is 3.25. The minimum atomic E-state index is -0.198. The second kappa shape index (κ2) is 8.20. The van der Waals surface area contributed by atoms with Gasteiger partial charge in [0.25, 0.3) is 5.91 Å². The molecule has 0 fully saturated rings. The van der Waals surface area contributed by atoms with Crippen LogP contribution in [0.3, 0.4) is 0 Å². The third-order valence-corrected chi connectivity index (χ3v) is 4.74. The first-order valence-electron chi connectivity index (χ1n) is 9.22. The molecule has 0 atom stereocenters. The maximum Gasteiger partial charge on any atom is 0.251 e. The third kappa shape index (κ3) is 3.55. The van der Waals surface area contributed by atoms with E-state index in [0.717, 1.165) is 11.2 Å². The van der Waals surface area contributed by atoms with Crippen molar-refractivity contribution in [2.24, 2.45) is 0 Å². The number of rotatable bonds is 7. The van der Waals surface area contributed by atoms with E-state index < -0.39 is 0 Å². The van der Waals surface area contributed by atoms with E-state index in [2.05, 4.69) is 10.3 Å². The van der Waals surface area contributed by atoms with Gasteiger partial charge in [-0.1, -0.05) is 0 Å². The molecule has 0 aliphatic heterocycles. The maximum atomic E-state index is 12.5. The average molecular weight is 407 g/mol. The number of aromatic nitrogens is 2. The number of hydrogen-bond acceptors (Lipinski definition) is 6. The minimum absolute atomic E-state index is 0.198. The number of fused-ring (bicyclic) bond motifs is 1. The normalized spacial score (nSPS) is 10.8. The van der Waals surface area contributed by atoms with Crippen molar-refractivity contribution in [2.45, 2.75) is 6.54 Å². The largest absolute Gasteiger partial charge is 0.493 e. The van der Waals surface area contributed by atoms with E-state index in [1.807, 2.05) is 28.8 Å². The Hall–Kier alpha value is -3.94. The predicted octanol–water partition coefficient (Wildman–Crippen LogP) is 3.57. The molecule has 0 saturated heterocycles. The molecule has 2 aromatic heterocycles. The number of amides is 1. The third-order valence-electron chi connectivity index (χ3n) is 4.74. The van der Waals surface area contributed by atoms with Crippen molar-refractivity contribution in [1.82, 2.24) is 14.9 Å². The Bertz CT molecular complexity index is 1160. The van der Waals surface area contributed by atoms with Crippen LogP contribution in [-0.4, -0.2) is 36.8 Å². The van der Waals surface area contributed by atoms with Gasteiger partial charge in [0, 0.05) is 17.7 Å². The fraction of sp³-hybridized carbons (Fsp3) is 0.182. The Morgan fingerprint density at radius 1 is 1.07 bits per heavy atom. The number of hydrogen-bond donors (Lipinski definition) is 1. The average Bonchev–Trinajstić information content (AvgIpc) is 3.45. The Morgan fingerprint density at radius 2 is 1.83 bits per heavy atom. The van der Waals surface area contributed by atoms with Crippen LogP contribution in [0.15, 0.2) is 59.5 Å². The first-order chi connectivity index (χ1) is 14.6. The van der Waals surface area contributed by atoms with E-state index in [9.17, 15) is 4.79 Å². The standard InChI is InChI=1S/C22H21N3O5/c1-27-19-10-15(11-20(28-2)21(19)29-3)25-13-24-17-9-14(6-7-18(17)25)22(26)23-12-16-5-4-8-30-16/h4-11,13H,12H2,1-3H3,(H,23,26). The first kappa shape index (κ1) is 19.4. The molecule has 0 saturated carbocycles. The highest BCUT2D eigenvalue weighted by Gasteiger charge is 2.16. The highest BCUT2D eigenvalue weighted by molar-refractivity contribution is 5.97. The number of ether oxygens (including phenoxy) is 3. The summed E-state index contributed by atoms with van der Waals surface area (Å²) in [6.45, 7) is 0.323. The van der Waals surface area contributed by atoms with Crippen LogP contribution >= 0.6 is 0 Å². The molecule has 1 amide bonds. The lowest BCUT2D eigenvalue weighted by atomic mass is 10.1. The summed E-state index contributed by atoms with van der Waals surface area (Å²) in [6, 6.07) is 12.6. The van der Waals surface area contributed by atoms with Crippen molar-refractivity contribution in [3.63, 3.8) is 0 Å². The van der Waals surface area contributed by atoms with E-state index in [1.165, 1.54) is 0 Å².